The molecule has 0 aromatic heterocycles. The molecule has 0 aliphatic heterocycles. The number of ether oxygens (including phenoxy) is 1. The fourth-order valence-corrected chi connectivity index (χ4v) is 1.86. The third-order valence-electron chi connectivity index (χ3n) is 2.90. The highest BCUT2D eigenvalue weighted by molar-refractivity contribution is 5.97. The predicted molar refractivity (Wildman–Crippen MR) is 80.1 cm³/mol. The van der Waals surface area contributed by atoms with Crippen molar-refractivity contribution in [2.24, 2.45) is 0 Å². The first kappa shape index (κ1) is 13.9. The SMILES string of the molecule is CCNC(=O)c1ccc(N)cc1Oc1ccccc1C. The lowest BCUT2D eigenvalue weighted by Gasteiger charge is -2.13. The minimum Gasteiger partial charge on any atom is -0.456 e. The number of anilines is 1. The number of para-hydroxylation sites is 1. The predicted octanol–water partition coefficient (Wildman–Crippen LogP) is 3.12. The third kappa shape index (κ3) is 3.09. The molecule has 2 aromatic carbocycles. The Morgan fingerprint density at radius 3 is 2.65 bits per heavy atom. The Balaban J connectivity index is 2.37. The Morgan fingerprint density at radius 1 is 1.20 bits per heavy atom. The molecule has 2 rings (SSSR count). The van der Waals surface area contributed by atoms with E-state index in [1.54, 1.807) is 18.2 Å². The molecule has 0 aliphatic rings. The molecule has 4 nitrogen and oxygen atoms in total. The first-order chi connectivity index (χ1) is 9.61. The zero-order valence-electron chi connectivity index (χ0n) is 11.6. The van der Waals surface area contributed by atoms with Gasteiger partial charge in [0.25, 0.3) is 5.91 Å². The summed E-state index contributed by atoms with van der Waals surface area (Å²) in [7, 11) is 0. The lowest BCUT2D eigenvalue weighted by molar-refractivity contribution is 0.0953. The van der Waals surface area contributed by atoms with Crippen molar-refractivity contribution in [2.75, 3.05) is 12.3 Å². The number of nitrogen functional groups attached to an aromatic ring is 1. The van der Waals surface area contributed by atoms with E-state index in [-0.39, 0.29) is 5.91 Å². The van der Waals surface area contributed by atoms with E-state index in [2.05, 4.69) is 5.32 Å². The number of benzene rings is 2. The molecule has 0 heterocycles. The fourth-order valence-electron chi connectivity index (χ4n) is 1.86. The quantitative estimate of drug-likeness (QED) is 0.839. The number of nitrogens with one attached hydrogen (secondary N) is 1. The van der Waals surface area contributed by atoms with Crippen molar-refractivity contribution in [3.63, 3.8) is 0 Å². The van der Waals surface area contributed by atoms with Crippen LogP contribution < -0.4 is 15.8 Å². The molecule has 0 atom stereocenters. The normalized spacial score (nSPS) is 10.1. The van der Waals surface area contributed by atoms with Crippen LogP contribution in [0.1, 0.15) is 22.8 Å². The lowest BCUT2D eigenvalue weighted by atomic mass is 10.1. The van der Waals surface area contributed by atoms with Gasteiger partial charge in [0, 0.05) is 18.3 Å². The highest BCUT2D eigenvalue weighted by Gasteiger charge is 2.13. The molecular weight excluding hydrogens is 252 g/mol. The van der Waals surface area contributed by atoms with Crippen LogP contribution in [0.2, 0.25) is 0 Å². The van der Waals surface area contributed by atoms with Gasteiger partial charge in [-0.15, -0.1) is 0 Å². The summed E-state index contributed by atoms with van der Waals surface area (Å²) in [5.41, 5.74) is 7.81. The number of rotatable bonds is 4. The molecule has 0 spiro atoms. The van der Waals surface area contributed by atoms with Crippen LogP contribution >= 0.6 is 0 Å². The molecule has 20 heavy (non-hydrogen) atoms. The summed E-state index contributed by atoms with van der Waals surface area (Å²) >= 11 is 0. The summed E-state index contributed by atoms with van der Waals surface area (Å²) in [5.74, 6) is 1.00. The van der Waals surface area contributed by atoms with Crippen LogP contribution in [-0.2, 0) is 0 Å². The molecular formula is C16H18N2O2. The van der Waals surface area contributed by atoms with Gasteiger partial charge in [-0.1, -0.05) is 18.2 Å². The maximum atomic E-state index is 12.0. The van der Waals surface area contributed by atoms with Gasteiger partial charge >= 0.3 is 0 Å². The van der Waals surface area contributed by atoms with E-state index < -0.39 is 0 Å². The molecule has 0 fully saturated rings. The molecule has 2 aromatic rings. The number of carbonyl (C=O) groups excluding carboxylic acids is 1. The van der Waals surface area contributed by atoms with Crippen molar-refractivity contribution in [3.8, 4) is 11.5 Å². The van der Waals surface area contributed by atoms with E-state index in [0.717, 1.165) is 5.56 Å². The van der Waals surface area contributed by atoms with E-state index >= 15 is 0 Å². The van der Waals surface area contributed by atoms with Crippen molar-refractivity contribution in [3.05, 3.63) is 53.6 Å². The van der Waals surface area contributed by atoms with Crippen molar-refractivity contribution in [1.29, 1.82) is 0 Å². The summed E-state index contributed by atoms with van der Waals surface area (Å²) in [6, 6.07) is 12.7. The molecule has 0 bridgehead atoms. The topological polar surface area (TPSA) is 64.4 Å². The zero-order chi connectivity index (χ0) is 14.5. The Labute approximate surface area is 118 Å². The van der Waals surface area contributed by atoms with Gasteiger partial charge in [-0.3, -0.25) is 4.79 Å². The molecule has 0 unspecified atom stereocenters. The first-order valence-electron chi connectivity index (χ1n) is 6.53. The zero-order valence-corrected chi connectivity index (χ0v) is 11.6. The molecule has 0 saturated heterocycles. The summed E-state index contributed by atoms with van der Waals surface area (Å²) in [6.07, 6.45) is 0. The van der Waals surface area contributed by atoms with E-state index in [0.29, 0.717) is 29.3 Å². The van der Waals surface area contributed by atoms with Gasteiger partial charge in [-0.05, 0) is 37.6 Å². The largest absolute Gasteiger partial charge is 0.456 e. The maximum Gasteiger partial charge on any atom is 0.255 e. The van der Waals surface area contributed by atoms with Gasteiger partial charge in [0.05, 0.1) is 5.56 Å². The lowest BCUT2D eigenvalue weighted by Crippen LogP contribution is -2.23. The summed E-state index contributed by atoms with van der Waals surface area (Å²) in [4.78, 5) is 12.0. The molecule has 0 aliphatic carbocycles. The van der Waals surface area contributed by atoms with Gasteiger partial charge < -0.3 is 15.8 Å². The number of carbonyl (C=O) groups is 1. The van der Waals surface area contributed by atoms with Crippen molar-refractivity contribution in [1.82, 2.24) is 5.32 Å². The minimum atomic E-state index is -0.170. The highest BCUT2D eigenvalue weighted by atomic mass is 16.5. The van der Waals surface area contributed by atoms with Crippen LogP contribution in [0.15, 0.2) is 42.5 Å². The number of nitrogens with two attached hydrogens (primary N) is 1. The Hall–Kier alpha value is -2.49. The van der Waals surface area contributed by atoms with Crippen molar-refractivity contribution >= 4 is 11.6 Å². The van der Waals surface area contributed by atoms with Crippen LogP contribution in [0, 0.1) is 6.92 Å². The second-order valence-corrected chi connectivity index (χ2v) is 4.48. The monoisotopic (exact) mass is 270 g/mol. The minimum absolute atomic E-state index is 0.170. The molecule has 104 valence electrons. The molecule has 0 saturated carbocycles. The summed E-state index contributed by atoms with van der Waals surface area (Å²) < 4.78 is 5.85. The second-order valence-electron chi connectivity index (χ2n) is 4.48. The second kappa shape index (κ2) is 6.10. The van der Waals surface area contributed by atoms with Crippen LogP contribution in [0.4, 0.5) is 5.69 Å². The van der Waals surface area contributed by atoms with E-state index in [1.165, 1.54) is 0 Å². The van der Waals surface area contributed by atoms with Crippen LogP contribution in [-0.4, -0.2) is 12.5 Å². The van der Waals surface area contributed by atoms with Gasteiger partial charge in [0.1, 0.15) is 11.5 Å². The van der Waals surface area contributed by atoms with Gasteiger partial charge in [0.15, 0.2) is 0 Å². The van der Waals surface area contributed by atoms with E-state index in [9.17, 15) is 4.79 Å². The number of amides is 1. The third-order valence-corrected chi connectivity index (χ3v) is 2.90. The van der Waals surface area contributed by atoms with Crippen molar-refractivity contribution in [2.45, 2.75) is 13.8 Å². The molecule has 0 radical (unpaired) electrons. The highest BCUT2D eigenvalue weighted by Crippen LogP contribution is 2.29. The Morgan fingerprint density at radius 2 is 1.95 bits per heavy atom. The standard InChI is InChI=1S/C16H18N2O2/c1-3-18-16(19)13-9-8-12(17)10-15(13)20-14-7-5-4-6-11(14)2/h4-10H,3,17H2,1-2H3,(H,18,19). The molecule has 3 N–H and O–H groups in total. The van der Waals surface area contributed by atoms with Crippen LogP contribution in [0.5, 0.6) is 11.5 Å². The maximum absolute atomic E-state index is 12.0. The van der Waals surface area contributed by atoms with Gasteiger partial charge in [-0.2, -0.15) is 0 Å². The van der Waals surface area contributed by atoms with Crippen LogP contribution in [0.25, 0.3) is 0 Å². The average Bonchev–Trinajstić information content (AvgIpc) is 2.42. The first-order valence-corrected chi connectivity index (χ1v) is 6.53. The average molecular weight is 270 g/mol. The molecule has 1 amide bonds. The summed E-state index contributed by atoms with van der Waals surface area (Å²) in [6.45, 7) is 4.39. The van der Waals surface area contributed by atoms with E-state index in [1.807, 2.05) is 38.1 Å². The summed E-state index contributed by atoms with van der Waals surface area (Å²) in [5, 5.41) is 2.76. The number of hydrogen-bond acceptors (Lipinski definition) is 3. The Kier molecular flexibility index (Phi) is 4.25. The number of aryl methyl sites for hydroxylation is 1. The van der Waals surface area contributed by atoms with Crippen molar-refractivity contribution < 1.29 is 9.53 Å². The smallest absolute Gasteiger partial charge is 0.255 e. The molecule has 4 heteroatoms. The Bertz CT molecular complexity index is 624. The van der Waals surface area contributed by atoms with E-state index in [4.69, 9.17) is 10.5 Å². The van der Waals surface area contributed by atoms with Gasteiger partial charge in [-0.25, -0.2) is 0 Å². The number of hydrogen-bond donors (Lipinski definition) is 2. The van der Waals surface area contributed by atoms with Gasteiger partial charge in [0.2, 0.25) is 0 Å². The fraction of sp³-hybridized carbons (Fsp3) is 0.188. The van der Waals surface area contributed by atoms with Crippen LogP contribution in [0.3, 0.4) is 0 Å².